The van der Waals surface area contributed by atoms with Crippen molar-refractivity contribution in [3.8, 4) is 28.8 Å². The molecule has 0 unspecified atom stereocenters. The molecule has 0 spiro atoms. The number of nitrogens with zero attached hydrogens (tertiary/aromatic N) is 6. The van der Waals surface area contributed by atoms with Crippen molar-refractivity contribution in [3.63, 3.8) is 0 Å². The maximum Gasteiger partial charge on any atom is 0.237 e. The second-order valence-electron chi connectivity index (χ2n) is 27.0. The number of aromatic nitrogens is 4. The van der Waals surface area contributed by atoms with Crippen molar-refractivity contribution in [1.82, 2.24) is 18.3 Å². The Morgan fingerprint density at radius 2 is 0.784 bits per heavy atom. The first-order valence-electron chi connectivity index (χ1n) is 30.3. The summed E-state index contributed by atoms with van der Waals surface area (Å²) in [5.41, 5.74) is 15.6. The van der Waals surface area contributed by atoms with Gasteiger partial charge in [0.15, 0.2) is 11.2 Å². The zero-order chi connectivity index (χ0) is 60.0. The van der Waals surface area contributed by atoms with Crippen LogP contribution in [0.2, 0.25) is 0 Å². The van der Waals surface area contributed by atoms with Crippen LogP contribution in [0, 0.1) is 17.9 Å². The fourth-order valence-electron chi connectivity index (χ4n) is 14.7. The maximum atomic E-state index is 13.1. The van der Waals surface area contributed by atoms with Crippen LogP contribution in [0.1, 0.15) is 84.6 Å². The topological polar surface area (TPSA) is 74.2 Å². The van der Waals surface area contributed by atoms with Gasteiger partial charge in [0.1, 0.15) is 17.2 Å². The quantitative estimate of drug-likeness (QED) is 0.165. The minimum Gasteiger partial charge on any atom is -0.454 e. The first-order valence-corrected chi connectivity index (χ1v) is 30.3. The number of hydrogen-bond acceptors (Lipinski definition) is 3. The van der Waals surface area contributed by atoms with Crippen LogP contribution in [-0.4, -0.2) is 18.3 Å². The van der Waals surface area contributed by atoms with E-state index in [0.29, 0.717) is 45.2 Å². The molecule has 0 amide bonds. The molecule has 11 aromatic carbocycles. The van der Waals surface area contributed by atoms with Gasteiger partial charge in [-0.1, -0.05) is 190 Å². The Bertz CT molecular complexity index is 5770. The minimum atomic E-state index is -0.315. The van der Waals surface area contributed by atoms with Crippen LogP contribution in [0.3, 0.4) is 0 Å². The molecule has 8 nitrogen and oxygen atoms in total. The lowest BCUT2D eigenvalue weighted by Gasteiger charge is -2.27. The van der Waals surface area contributed by atoms with Gasteiger partial charge in [0.25, 0.3) is 0 Å². The van der Waals surface area contributed by atoms with Crippen LogP contribution in [0.25, 0.3) is 159 Å². The van der Waals surface area contributed by atoms with Crippen molar-refractivity contribution < 1.29 is 8.83 Å². The van der Waals surface area contributed by atoms with Gasteiger partial charge in [-0.05, 0) is 106 Å². The number of fused-ring (bicyclic) bond motifs is 20. The summed E-state index contributed by atoms with van der Waals surface area (Å²) in [7, 11) is 0. The fraction of sp³-hybridized carbons (Fsp3) is 0.150. The fourth-order valence-corrected chi connectivity index (χ4v) is 14.7. The summed E-state index contributed by atoms with van der Waals surface area (Å²) >= 11 is 0. The van der Waals surface area contributed by atoms with Crippen molar-refractivity contribution >= 4 is 137 Å². The summed E-state index contributed by atoms with van der Waals surface area (Å²) in [6.07, 6.45) is 0. The highest BCUT2D eigenvalue weighted by Crippen LogP contribution is 2.55. The molecule has 0 N–H and O–H groups in total. The van der Waals surface area contributed by atoms with Crippen molar-refractivity contribution in [3.05, 3.63) is 234 Å². The summed E-state index contributed by atoms with van der Waals surface area (Å²) in [5, 5.41) is 25.2. The standard InChI is InChI=1S/C80H60N6O2/c1-78(2,3)45-35-39-64-55(41-45)52-37-38-53-51-27-15-21-33-66(51)87-76(53)72(52)86(64)75-71(83-60-29-17-11-23-47(60)48-24-12-18-30-61(48)83)58(44-81)70(69(82-10)74(75)84-62-31-19-13-25-49(62)50-26-14-20-32-63(50)84)85-65-40-36-46(79(4,5)6)42-56(65)57-43-59(80(7,8)9)68-54-28-16-22-34-67(54)88-77(68)73(57)85/h11-43H,1-9H3. The minimum absolute atomic E-state index is 0.198. The highest BCUT2D eigenvalue weighted by Gasteiger charge is 2.37. The molecule has 0 atom stereocenters. The lowest BCUT2D eigenvalue weighted by molar-refractivity contribution is 0.591. The molecule has 0 aliphatic carbocycles. The normalized spacial score (nSPS) is 12.8. The lowest BCUT2D eigenvalue weighted by Crippen LogP contribution is -2.15. The van der Waals surface area contributed by atoms with Gasteiger partial charge in [0.05, 0.1) is 79.0 Å². The molecule has 17 aromatic rings. The average Bonchev–Trinajstić information content (AvgIpc) is 1.49. The third-order valence-corrected chi connectivity index (χ3v) is 18.8. The smallest absolute Gasteiger partial charge is 0.237 e. The van der Waals surface area contributed by atoms with Crippen LogP contribution in [-0.2, 0) is 16.2 Å². The van der Waals surface area contributed by atoms with Gasteiger partial charge in [-0.25, -0.2) is 4.85 Å². The number of benzene rings is 11. The molecule has 88 heavy (non-hydrogen) atoms. The molecule has 0 fully saturated rings. The molecule has 17 rings (SSSR count). The molecule has 0 aliphatic heterocycles. The zero-order valence-corrected chi connectivity index (χ0v) is 50.6. The van der Waals surface area contributed by atoms with E-state index in [-0.39, 0.29) is 16.2 Å². The third kappa shape index (κ3) is 6.94. The Hall–Kier alpha value is -10.8. The predicted octanol–water partition coefficient (Wildman–Crippen LogP) is 22.2. The van der Waals surface area contributed by atoms with Crippen molar-refractivity contribution in [2.45, 2.75) is 78.6 Å². The van der Waals surface area contributed by atoms with Gasteiger partial charge in [0, 0.05) is 64.6 Å². The van der Waals surface area contributed by atoms with Crippen molar-refractivity contribution in [1.29, 1.82) is 5.26 Å². The maximum absolute atomic E-state index is 13.1. The molecule has 0 bridgehead atoms. The van der Waals surface area contributed by atoms with Gasteiger partial charge in [0.2, 0.25) is 5.69 Å². The highest BCUT2D eigenvalue weighted by atomic mass is 16.3. The molecule has 6 aromatic heterocycles. The molecular weight excluding hydrogens is 1080 g/mol. The monoisotopic (exact) mass is 1140 g/mol. The van der Waals surface area contributed by atoms with E-state index in [4.69, 9.17) is 13.7 Å². The van der Waals surface area contributed by atoms with Gasteiger partial charge in [-0.2, -0.15) is 5.26 Å². The van der Waals surface area contributed by atoms with E-state index in [9.17, 15) is 11.8 Å². The van der Waals surface area contributed by atoms with Crippen LogP contribution in [0.5, 0.6) is 0 Å². The van der Waals surface area contributed by atoms with Gasteiger partial charge in [-0.15, -0.1) is 0 Å². The summed E-state index contributed by atoms with van der Waals surface area (Å²) in [4.78, 5) is 4.96. The summed E-state index contributed by atoms with van der Waals surface area (Å²) in [6, 6.07) is 74.1. The molecule has 0 radical (unpaired) electrons. The number of para-hydroxylation sites is 6. The van der Waals surface area contributed by atoms with Crippen LogP contribution < -0.4 is 0 Å². The Morgan fingerprint density at radius 1 is 0.364 bits per heavy atom. The van der Waals surface area contributed by atoms with Gasteiger partial charge >= 0.3 is 0 Å². The Kier molecular flexibility index (Phi) is 10.5. The van der Waals surface area contributed by atoms with Crippen molar-refractivity contribution in [2.24, 2.45) is 0 Å². The zero-order valence-electron chi connectivity index (χ0n) is 50.6. The van der Waals surface area contributed by atoms with E-state index in [1.165, 1.54) is 5.56 Å². The summed E-state index contributed by atoms with van der Waals surface area (Å²) < 4.78 is 23.8. The summed E-state index contributed by atoms with van der Waals surface area (Å²) in [5.74, 6) is 0. The van der Waals surface area contributed by atoms with Gasteiger partial charge in [-0.3, -0.25) is 0 Å². The third-order valence-electron chi connectivity index (χ3n) is 18.8. The largest absolute Gasteiger partial charge is 0.454 e. The predicted molar refractivity (Wildman–Crippen MR) is 365 cm³/mol. The van der Waals surface area contributed by atoms with E-state index in [1.807, 2.05) is 24.3 Å². The Morgan fingerprint density at radius 3 is 1.30 bits per heavy atom. The van der Waals surface area contributed by atoms with E-state index in [0.717, 1.165) is 131 Å². The lowest BCUT2D eigenvalue weighted by atomic mass is 9.82. The number of hydrogen-bond donors (Lipinski definition) is 0. The van der Waals surface area contributed by atoms with Crippen molar-refractivity contribution in [2.75, 3.05) is 0 Å². The van der Waals surface area contributed by atoms with Crippen LogP contribution in [0.4, 0.5) is 5.69 Å². The van der Waals surface area contributed by atoms with E-state index < -0.39 is 0 Å². The van der Waals surface area contributed by atoms with Crippen LogP contribution in [0.15, 0.2) is 209 Å². The highest BCUT2D eigenvalue weighted by molar-refractivity contribution is 6.26. The molecule has 422 valence electrons. The molecule has 8 heteroatoms. The molecule has 0 saturated carbocycles. The van der Waals surface area contributed by atoms with E-state index >= 15 is 0 Å². The summed E-state index contributed by atoms with van der Waals surface area (Å²) in [6.45, 7) is 30.5. The van der Waals surface area contributed by atoms with E-state index in [2.05, 4.69) is 263 Å². The number of rotatable bonds is 4. The van der Waals surface area contributed by atoms with Gasteiger partial charge < -0.3 is 27.1 Å². The molecule has 0 saturated heterocycles. The molecule has 0 aliphatic rings. The first kappa shape index (κ1) is 51.6. The molecule has 6 heterocycles. The Labute approximate surface area is 507 Å². The van der Waals surface area contributed by atoms with Crippen LogP contribution >= 0.6 is 0 Å². The second kappa shape index (κ2) is 17.9. The number of nitriles is 1. The SMILES string of the molecule is [C-]#[N+]c1c(-n2c3ccccc3c3ccccc32)c(-n2c3ccc(C(C)(C)C)cc3c3ccc4c5ccccc5oc4c32)c(-n2c3ccccc3c3ccccc32)c(C#N)c1-n1c2ccc(C(C)(C)C)cc2c2cc(C(C)(C)C)c3c4ccccc4oc3c21. The van der Waals surface area contributed by atoms with E-state index in [1.54, 1.807) is 0 Å². The first-order chi connectivity index (χ1) is 42.5. The number of furan rings is 2. The average molecular weight is 1140 g/mol. The molecular formula is C80H60N6O2. The second-order valence-corrected chi connectivity index (χ2v) is 27.0. The Balaban J connectivity index is 1.21.